The standard InChI is InChI=1S/C17H19BrF3N5O3/c1-4-25-7-10(12(23-25)16(28)29-3)22-15(27)8(2)26-13(9-5-6-9)11(18)14(24-26)17(19,20)21/h7-9H,4-6H2,1-3H3,(H,22,27). The van der Waals surface area contributed by atoms with Crippen LogP contribution < -0.4 is 5.32 Å². The Labute approximate surface area is 172 Å². The molecular weight excluding hydrogens is 459 g/mol. The Morgan fingerprint density at radius 2 is 2.03 bits per heavy atom. The van der Waals surface area contributed by atoms with Crippen molar-refractivity contribution in [3.05, 3.63) is 27.8 Å². The highest BCUT2D eigenvalue weighted by molar-refractivity contribution is 9.10. The molecule has 1 aliphatic carbocycles. The van der Waals surface area contributed by atoms with Crippen LogP contribution in [0.25, 0.3) is 0 Å². The predicted molar refractivity (Wildman–Crippen MR) is 99.5 cm³/mol. The third-order valence-corrected chi connectivity index (χ3v) is 5.37. The quantitative estimate of drug-likeness (QED) is 0.639. The molecule has 0 aromatic carbocycles. The first-order valence-corrected chi connectivity index (χ1v) is 9.69. The number of nitrogens with one attached hydrogen (secondary N) is 1. The summed E-state index contributed by atoms with van der Waals surface area (Å²) in [4.78, 5) is 24.7. The number of esters is 1. The van der Waals surface area contributed by atoms with E-state index in [1.165, 1.54) is 24.9 Å². The minimum absolute atomic E-state index is 0.0864. The molecule has 1 saturated carbocycles. The van der Waals surface area contributed by atoms with Gasteiger partial charge in [0, 0.05) is 18.7 Å². The van der Waals surface area contributed by atoms with Crippen molar-refractivity contribution in [1.82, 2.24) is 19.6 Å². The van der Waals surface area contributed by atoms with Crippen molar-refractivity contribution >= 4 is 33.5 Å². The van der Waals surface area contributed by atoms with Crippen molar-refractivity contribution in [2.75, 3.05) is 12.4 Å². The highest BCUT2D eigenvalue weighted by Crippen LogP contribution is 2.47. The molecule has 1 N–H and O–H groups in total. The SMILES string of the molecule is CCn1cc(NC(=O)C(C)n2nc(C(F)(F)F)c(Br)c2C2CC2)c(C(=O)OC)n1. The summed E-state index contributed by atoms with van der Waals surface area (Å²) in [6.07, 6.45) is -1.74. The van der Waals surface area contributed by atoms with Crippen LogP contribution in [0.1, 0.15) is 60.5 Å². The van der Waals surface area contributed by atoms with Crippen LogP contribution in [0.2, 0.25) is 0 Å². The normalized spacial score (nSPS) is 15.3. The fraction of sp³-hybridized carbons (Fsp3) is 0.529. The molecule has 8 nitrogen and oxygen atoms in total. The van der Waals surface area contributed by atoms with Crippen LogP contribution in [0.4, 0.5) is 18.9 Å². The molecule has 0 aliphatic heterocycles. The number of rotatable bonds is 6. The molecule has 3 rings (SSSR count). The first kappa shape index (κ1) is 21.3. The number of anilines is 1. The number of methoxy groups -OCH3 is 1. The zero-order chi connectivity index (χ0) is 21.5. The fourth-order valence-corrected chi connectivity index (χ4v) is 3.71. The van der Waals surface area contributed by atoms with Crippen molar-refractivity contribution in [3.8, 4) is 0 Å². The number of alkyl halides is 3. The van der Waals surface area contributed by atoms with Crippen LogP contribution in [-0.2, 0) is 22.3 Å². The molecule has 0 bridgehead atoms. The number of nitrogens with zero attached hydrogens (tertiary/aromatic N) is 4. The lowest BCUT2D eigenvalue weighted by atomic mass is 10.2. The van der Waals surface area contributed by atoms with Gasteiger partial charge >= 0.3 is 12.1 Å². The van der Waals surface area contributed by atoms with Gasteiger partial charge in [0.25, 0.3) is 0 Å². The molecule has 0 saturated heterocycles. The topological polar surface area (TPSA) is 91.0 Å². The van der Waals surface area contributed by atoms with E-state index >= 15 is 0 Å². The van der Waals surface area contributed by atoms with Gasteiger partial charge in [-0.05, 0) is 42.6 Å². The summed E-state index contributed by atoms with van der Waals surface area (Å²) >= 11 is 3.01. The number of carbonyl (C=O) groups excluding carboxylic acids is 2. The number of carbonyl (C=O) groups is 2. The average Bonchev–Trinajstić information content (AvgIpc) is 3.31. The Kier molecular flexibility index (Phi) is 5.74. The molecule has 1 fully saturated rings. The van der Waals surface area contributed by atoms with Crippen LogP contribution in [0.15, 0.2) is 10.7 Å². The first-order chi connectivity index (χ1) is 13.6. The van der Waals surface area contributed by atoms with Crippen LogP contribution in [-0.4, -0.2) is 38.5 Å². The third kappa shape index (κ3) is 4.16. The molecule has 2 aromatic heterocycles. The van der Waals surface area contributed by atoms with Gasteiger partial charge in [0.15, 0.2) is 11.4 Å². The van der Waals surface area contributed by atoms with Crippen molar-refractivity contribution in [1.29, 1.82) is 0 Å². The molecule has 2 aromatic rings. The third-order valence-electron chi connectivity index (χ3n) is 4.59. The van der Waals surface area contributed by atoms with E-state index in [2.05, 4.69) is 36.2 Å². The van der Waals surface area contributed by atoms with E-state index in [-0.39, 0.29) is 21.8 Å². The first-order valence-electron chi connectivity index (χ1n) is 8.90. The van der Waals surface area contributed by atoms with Gasteiger partial charge < -0.3 is 10.1 Å². The molecule has 0 radical (unpaired) electrons. The number of aromatic nitrogens is 4. The molecule has 1 unspecified atom stereocenters. The maximum absolute atomic E-state index is 13.3. The predicted octanol–water partition coefficient (Wildman–Crippen LogP) is 3.74. The Morgan fingerprint density at radius 3 is 2.55 bits per heavy atom. The largest absolute Gasteiger partial charge is 0.464 e. The highest BCUT2D eigenvalue weighted by Gasteiger charge is 2.43. The minimum atomic E-state index is -4.65. The lowest BCUT2D eigenvalue weighted by molar-refractivity contribution is -0.142. The zero-order valence-electron chi connectivity index (χ0n) is 15.9. The van der Waals surface area contributed by atoms with Crippen LogP contribution in [0.3, 0.4) is 0 Å². The van der Waals surface area contributed by atoms with E-state index in [9.17, 15) is 22.8 Å². The van der Waals surface area contributed by atoms with Gasteiger partial charge in [0.1, 0.15) is 6.04 Å². The second kappa shape index (κ2) is 7.81. The molecule has 12 heteroatoms. The summed E-state index contributed by atoms with van der Waals surface area (Å²) in [5, 5.41) is 10.3. The number of amides is 1. The minimum Gasteiger partial charge on any atom is -0.464 e. The van der Waals surface area contributed by atoms with Crippen molar-refractivity contribution < 1.29 is 27.5 Å². The van der Waals surface area contributed by atoms with E-state index in [1.54, 1.807) is 6.92 Å². The number of ether oxygens (including phenoxy) is 1. The zero-order valence-corrected chi connectivity index (χ0v) is 17.5. The van der Waals surface area contributed by atoms with Gasteiger partial charge in [-0.15, -0.1) is 0 Å². The summed E-state index contributed by atoms with van der Waals surface area (Å²) < 4.78 is 46.9. The Balaban J connectivity index is 1.92. The van der Waals surface area contributed by atoms with Crippen LogP contribution >= 0.6 is 15.9 Å². The summed E-state index contributed by atoms with van der Waals surface area (Å²) in [6, 6.07) is -1.05. The molecule has 2 heterocycles. The van der Waals surface area contributed by atoms with Crippen LogP contribution in [0, 0.1) is 0 Å². The molecule has 1 aliphatic rings. The van der Waals surface area contributed by atoms with Crippen LogP contribution in [0.5, 0.6) is 0 Å². The van der Waals surface area contributed by atoms with Crippen molar-refractivity contribution in [2.24, 2.45) is 0 Å². The summed E-state index contributed by atoms with van der Waals surface area (Å²) in [6.45, 7) is 3.69. The fourth-order valence-electron chi connectivity index (χ4n) is 2.90. The van der Waals surface area contributed by atoms with E-state index in [1.807, 2.05) is 0 Å². The van der Waals surface area contributed by atoms with Gasteiger partial charge in [-0.3, -0.25) is 14.2 Å². The second-order valence-electron chi connectivity index (χ2n) is 6.67. The monoisotopic (exact) mass is 477 g/mol. The number of halogens is 4. The average molecular weight is 478 g/mol. The number of aryl methyl sites for hydroxylation is 1. The molecule has 158 valence electrons. The number of hydrogen-bond donors (Lipinski definition) is 1. The molecule has 1 atom stereocenters. The van der Waals surface area contributed by atoms with E-state index < -0.39 is 29.8 Å². The maximum Gasteiger partial charge on any atom is 0.436 e. The van der Waals surface area contributed by atoms with Crippen molar-refractivity contribution in [3.63, 3.8) is 0 Å². The van der Waals surface area contributed by atoms with Gasteiger partial charge in [-0.1, -0.05) is 0 Å². The Morgan fingerprint density at radius 1 is 1.38 bits per heavy atom. The molecule has 1 amide bonds. The van der Waals surface area contributed by atoms with Crippen molar-refractivity contribution in [2.45, 2.75) is 51.4 Å². The van der Waals surface area contributed by atoms with E-state index in [0.29, 0.717) is 12.2 Å². The van der Waals surface area contributed by atoms with E-state index in [0.717, 1.165) is 17.5 Å². The highest BCUT2D eigenvalue weighted by atomic mass is 79.9. The summed E-state index contributed by atoms with van der Waals surface area (Å²) in [7, 11) is 1.18. The Bertz CT molecular complexity index is 949. The lowest BCUT2D eigenvalue weighted by Gasteiger charge is -2.15. The molecule has 29 heavy (non-hydrogen) atoms. The molecular formula is C17H19BrF3N5O3. The van der Waals surface area contributed by atoms with Gasteiger partial charge in [0.05, 0.1) is 23.0 Å². The smallest absolute Gasteiger partial charge is 0.436 e. The summed E-state index contributed by atoms with van der Waals surface area (Å²) in [5.41, 5.74) is -0.689. The Hall–Kier alpha value is -2.37. The summed E-state index contributed by atoms with van der Waals surface area (Å²) in [5.74, 6) is -1.45. The lowest BCUT2D eigenvalue weighted by Crippen LogP contribution is -2.26. The van der Waals surface area contributed by atoms with E-state index in [4.69, 9.17) is 0 Å². The molecule has 0 spiro atoms. The van der Waals surface area contributed by atoms with Gasteiger partial charge in [0.2, 0.25) is 5.91 Å². The second-order valence-corrected chi connectivity index (χ2v) is 7.46. The van der Waals surface area contributed by atoms with Gasteiger partial charge in [-0.25, -0.2) is 4.79 Å². The van der Waals surface area contributed by atoms with Gasteiger partial charge in [-0.2, -0.15) is 23.4 Å². The number of hydrogen-bond acceptors (Lipinski definition) is 5. The maximum atomic E-state index is 13.3.